The lowest BCUT2D eigenvalue weighted by atomic mass is 9.88. The molecule has 0 saturated carbocycles. The van der Waals surface area contributed by atoms with Gasteiger partial charge in [-0.1, -0.05) is 340 Å². The van der Waals surface area contributed by atoms with Gasteiger partial charge in [0.2, 0.25) is 0 Å². The fraction of sp³-hybridized carbons (Fsp3) is 0. The Morgan fingerprint density at radius 3 is 0.777 bits per heavy atom. The minimum absolute atomic E-state index is 0.637. The van der Waals surface area contributed by atoms with Gasteiger partial charge in [-0.25, -0.2) is 24.9 Å². The van der Waals surface area contributed by atoms with Gasteiger partial charge in [0.25, 0.3) is 0 Å². The first kappa shape index (κ1) is 74.7. The Kier molecular flexibility index (Phi) is 17.5. The fourth-order valence-corrected chi connectivity index (χ4v) is 20.3. The van der Waals surface area contributed by atoms with Crippen LogP contribution in [-0.4, -0.2) is 34.1 Å². The maximum absolute atomic E-state index is 10.1. The average Bonchev–Trinajstić information content (AvgIpc) is 1.27. The number of aromatic nitrogens is 7. The number of fused-ring (bicyclic) bond motifs is 10. The predicted octanol–water partition coefficient (Wildman–Crippen LogP) is 31.1. The van der Waals surface area contributed by atoms with E-state index < -0.39 is 0 Å². The fourth-order valence-electron chi connectivity index (χ4n) is 20.3. The van der Waals surface area contributed by atoms with Crippen LogP contribution in [0.5, 0.6) is 0 Å². The molecule has 130 heavy (non-hydrogen) atoms. The highest BCUT2D eigenvalue weighted by Gasteiger charge is 2.27. The van der Waals surface area contributed by atoms with Gasteiger partial charge >= 0.3 is 0 Å². The molecule has 22 aromatic carbocycles. The second-order valence-corrected chi connectivity index (χ2v) is 33.4. The summed E-state index contributed by atoms with van der Waals surface area (Å²) in [5.74, 6) is 2.61. The Labute approximate surface area is 747 Å². The van der Waals surface area contributed by atoms with Gasteiger partial charge in [-0.15, -0.1) is 0 Å². The van der Waals surface area contributed by atoms with E-state index in [2.05, 4.69) is 355 Å². The van der Waals surface area contributed by atoms with Crippen molar-refractivity contribution in [2.75, 3.05) is 0 Å². The molecule has 26 rings (SSSR count). The summed E-state index contributed by atoms with van der Waals surface area (Å²) >= 11 is 0. The Morgan fingerprint density at radius 1 is 0.169 bits per heavy atom. The van der Waals surface area contributed by atoms with Crippen LogP contribution in [0.3, 0.4) is 0 Å². The van der Waals surface area contributed by atoms with Crippen molar-refractivity contribution in [1.82, 2.24) is 34.1 Å². The van der Waals surface area contributed by atoms with Gasteiger partial charge in [0.1, 0.15) is 0 Å². The lowest BCUT2D eigenvalue weighted by molar-refractivity contribution is 1.08. The largest absolute Gasteiger partial charge is 0.309 e. The zero-order valence-electron chi connectivity index (χ0n) is 70.0. The van der Waals surface area contributed by atoms with Crippen LogP contribution in [-0.2, 0) is 0 Å². The summed E-state index contributed by atoms with van der Waals surface area (Å²) in [5, 5.41) is 43.0. The maximum atomic E-state index is 10.1. The molecule has 4 aromatic heterocycles. The van der Waals surface area contributed by atoms with Crippen molar-refractivity contribution in [3.8, 4) is 136 Å². The van der Waals surface area contributed by atoms with Crippen molar-refractivity contribution in [1.29, 1.82) is 10.5 Å². The molecule has 0 aliphatic heterocycles. The number of nitriles is 2. The molecule has 9 nitrogen and oxygen atoms in total. The van der Waals surface area contributed by atoms with Crippen molar-refractivity contribution in [3.63, 3.8) is 0 Å². The van der Waals surface area contributed by atoms with Crippen molar-refractivity contribution >= 4 is 130 Å². The summed E-state index contributed by atoms with van der Waals surface area (Å²) in [6, 6.07) is 157. The van der Waals surface area contributed by atoms with Gasteiger partial charge in [-0.3, -0.25) is 0 Å². The van der Waals surface area contributed by atoms with E-state index in [0.29, 0.717) is 34.4 Å². The molecule has 26 aromatic rings. The molecule has 0 amide bonds. The second-order valence-electron chi connectivity index (χ2n) is 33.4. The van der Waals surface area contributed by atoms with Crippen LogP contribution >= 0.6 is 0 Å². The monoisotopic (exact) mass is 1650 g/mol. The molecule has 0 spiro atoms. The van der Waals surface area contributed by atoms with Crippen molar-refractivity contribution in [3.05, 3.63) is 442 Å². The number of nitrogens with zero attached hydrogens (tertiary/aromatic N) is 9. The zero-order chi connectivity index (χ0) is 86.0. The Bertz CT molecular complexity index is 8490. The van der Waals surface area contributed by atoms with E-state index >= 15 is 0 Å². The molecular formula is C121H71N9. The standard InChI is InChI=1S/C61H36N4.C60H35N5/c62-37-42-28-32-57-59-45(42)29-30-50-44(31-33-58(60(50)59)65(57)43-18-8-3-9-19-43)38-24-26-39(27-25-38)51-34-52-48-22-12-13-23-49(48)54(35-53(52)47-21-11-10-20-46(47)51)61-63-55(40-14-4-1-5-15-40)36-56(64-61)41-16-6-2-7-17-41;61-36-41-28-32-54-56-44(41)29-30-49-43(31-33-55(57(49)56)65(54)42-18-8-3-9-19-42)37-24-26-38(27-25-37)50-34-51-47-22-12-13-23-48(47)53(35-52(51)46-21-11-10-20-45(46)50)60-63-58(39-14-4-1-5-15-39)62-59(64-60)40-16-6-2-7-17-40/h1-36H;1-35H. The predicted molar refractivity (Wildman–Crippen MR) is 537 cm³/mol. The van der Waals surface area contributed by atoms with Gasteiger partial charge in [0.05, 0.1) is 56.7 Å². The third-order valence-electron chi connectivity index (χ3n) is 26.3. The van der Waals surface area contributed by atoms with Crippen LogP contribution < -0.4 is 0 Å². The van der Waals surface area contributed by atoms with Crippen LogP contribution in [0.25, 0.3) is 254 Å². The van der Waals surface area contributed by atoms with Gasteiger partial charge in [-0.2, -0.15) is 10.5 Å². The summed E-state index contributed by atoms with van der Waals surface area (Å²) in [4.78, 5) is 25.9. The molecule has 0 saturated heterocycles. The van der Waals surface area contributed by atoms with Crippen LogP contribution in [0.15, 0.2) is 431 Å². The van der Waals surface area contributed by atoms with Crippen molar-refractivity contribution in [2.24, 2.45) is 0 Å². The van der Waals surface area contributed by atoms with Crippen LogP contribution in [0.4, 0.5) is 0 Å². The van der Waals surface area contributed by atoms with Crippen LogP contribution in [0.2, 0.25) is 0 Å². The lowest BCUT2D eigenvalue weighted by Gasteiger charge is -2.17. The normalized spacial score (nSPS) is 11.7. The van der Waals surface area contributed by atoms with E-state index in [-0.39, 0.29) is 0 Å². The molecule has 0 fully saturated rings. The molecule has 9 heteroatoms. The molecular weight excluding hydrogens is 1580 g/mol. The summed E-state index contributed by atoms with van der Waals surface area (Å²) in [7, 11) is 0. The topological polar surface area (TPSA) is 122 Å². The zero-order valence-corrected chi connectivity index (χ0v) is 70.0. The third-order valence-corrected chi connectivity index (χ3v) is 26.3. The molecule has 600 valence electrons. The maximum Gasteiger partial charge on any atom is 0.164 e. The summed E-state index contributed by atoms with van der Waals surface area (Å²) in [5.41, 5.74) is 25.0. The Morgan fingerprint density at radius 2 is 0.431 bits per heavy atom. The summed E-state index contributed by atoms with van der Waals surface area (Å²) in [6.07, 6.45) is 0. The van der Waals surface area contributed by atoms with Gasteiger partial charge in [-0.05, 0) is 211 Å². The molecule has 0 bridgehead atoms. The first-order valence-corrected chi connectivity index (χ1v) is 43.8. The minimum atomic E-state index is 0.637. The Hall–Kier alpha value is -17.9. The second kappa shape index (κ2) is 30.5. The SMILES string of the molecule is N#Cc1ccc2c3c1ccc1c(-c4ccc(-c5cc6c7ccccc7c(-c7nc(-c8ccccc8)cc(-c8ccccc8)n7)cc6c6ccccc56)cc4)ccc(c13)n2-c1ccccc1.N#Cc1ccc2c3c1ccc1c(-c4ccc(-c5cc6c7ccccc7c(-c7nc(-c8ccccc8)nc(-c8ccccc8)n7)cc6c6ccccc56)cc4)ccc(c13)n2-c1ccccc1. The van der Waals surface area contributed by atoms with Crippen molar-refractivity contribution < 1.29 is 0 Å². The highest BCUT2D eigenvalue weighted by molar-refractivity contribution is 6.30. The van der Waals surface area contributed by atoms with Crippen molar-refractivity contribution in [2.45, 2.75) is 0 Å². The molecule has 4 heterocycles. The molecule has 0 unspecified atom stereocenters. The van der Waals surface area contributed by atoms with Gasteiger partial charge < -0.3 is 9.13 Å². The van der Waals surface area contributed by atoms with E-state index in [1.54, 1.807) is 0 Å². The van der Waals surface area contributed by atoms with E-state index in [4.69, 9.17) is 24.9 Å². The average molecular weight is 1650 g/mol. The number of para-hydroxylation sites is 2. The van der Waals surface area contributed by atoms with Gasteiger partial charge in [0.15, 0.2) is 23.3 Å². The molecule has 0 radical (unpaired) electrons. The number of hydrogen-bond donors (Lipinski definition) is 0. The van der Waals surface area contributed by atoms with Gasteiger partial charge in [0, 0.05) is 77.1 Å². The lowest BCUT2D eigenvalue weighted by Crippen LogP contribution is -2.00. The van der Waals surface area contributed by atoms with Crippen LogP contribution in [0.1, 0.15) is 11.1 Å². The first-order valence-electron chi connectivity index (χ1n) is 43.8. The van der Waals surface area contributed by atoms with E-state index in [9.17, 15) is 10.5 Å². The first-order chi connectivity index (χ1) is 64.4. The summed E-state index contributed by atoms with van der Waals surface area (Å²) in [6.45, 7) is 0. The molecule has 0 atom stereocenters. The third kappa shape index (κ3) is 12.2. The molecule has 0 aliphatic carbocycles. The molecule has 0 N–H and O–H groups in total. The van der Waals surface area contributed by atoms with E-state index in [1.807, 2.05) is 97.1 Å². The highest BCUT2D eigenvalue weighted by Crippen LogP contribution is 2.50. The number of hydrogen-bond acceptors (Lipinski definition) is 7. The Balaban J connectivity index is 0.000000140. The van der Waals surface area contributed by atoms with E-state index in [1.165, 1.54) is 65.0 Å². The molecule has 0 aliphatic rings. The summed E-state index contributed by atoms with van der Waals surface area (Å²) < 4.78 is 4.65. The van der Waals surface area contributed by atoms with E-state index in [0.717, 1.165) is 165 Å². The number of benzene rings is 22. The quantitative estimate of drug-likeness (QED) is 0.112. The smallest absolute Gasteiger partial charge is 0.164 e. The van der Waals surface area contributed by atoms with Crippen LogP contribution in [0, 0.1) is 22.7 Å². The highest BCUT2D eigenvalue weighted by atomic mass is 15.0. The minimum Gasteiger partial charge on any atom is -0.309 e. The number of rotatable bonds is 12.